The van der Waals surface area contributed by atoms with Crippen molar-refractivity contribution in [3.8, 4) is 39.8 Å². The van der Waals surface area contributed by atoms with Crippen LogP contribution in [0.4, 0.5) is 13.2 Å². The van der Waals surface area contributed by atoms with Gasteiger partial charge in [-0.1, -0.05) is 42.5 Å². The maximum atomic E-state index is 13.9. The molecule has 48 heavy (non-hydrogen) atoms. The molecule has 0 aliphatic carbocycles. The summed E-state index contributed by atoms with van der Waals surface area (Å²) >= 11 is 2.73. The van der Waals surface area contributed by atoms with Gasteiger partial charge in [-0.15, -0.1) is 21.5 Å². The average molecular weight is 683 g/mol. The van der Waals surface area contributed by atoms with Crippen molar-refractivity contribution in [3.63, 3.8) is 0 Å². The van der Waals surface area contributed by atoms with Gasteiger partial charge in [-0.05, 0) is 78.8 Å². The van der Waals surface area contributed by atoms with Crippen LogP contribution >= 0.6 is 23.1 Å². The monoisotopic (exact) mass is 682 g/mol. The van der Waals surface area contributed by atoms with E-state index in [4.69, 9.17) is 19.4 Å². The van der Waals surface area contributed by atoms with Gasteiger partial charge in [-0.3, -0.25) is 9.55 Å². The molecule has 0 radical (unpaired) electrons. The van der Waals surface area contributed by atoms with Gasteiger partial charge >= 0.3 is 6.18 Å². The van der Waals surface area contributed by atoms with Crippen LogP contribution < -0.4 is 9.47 Å². The molecule has 13 heteroatoms. The Balaban J connectivity index is 1.38. The van der Waals surface area contributed by atoms with Crippen molar-refractivity contribution in [2.24, 2.45) is 0 Å². The Morgan fingerprint density at radius 2 is 1.62 bits per heavy atom. The Hall–Kier alpha value is -5.27. The van der Waals surface area contributed by atoms with Crippen LogP contribution in [0.3, 0.4) is 0 Å². The third-order valence-electron chi connectivity index (χ3n) is 7.40. The van der Waals surface area contributed by atoms with Gasteiger partial charge < -0.3 is 9.47 Å². The summed E-state index contributed by atoms with van der Waals surface area (Å²) in [6.45, 7) is 1.96. The number of aryl methyl sites for hydroxylation is 1. The Labute approximate surface area is 281 Å². The van der Waals surface area contributed by atoms with Crippen molar-refractivity contribution < 1.29 is 22.6 Å². The third-order valence-corrected chi connectivity index (χ3v) is 9.33. The maximum Gasteiger partial charge on any atom is 0.416 e. The number of alkyl halides is 3. The predicted molar refractivity (Wildman–Crippen MR) is 179 cm³/mol. The summed E-state index contributed by atoms with van der Waals surface area (Å²) in [6, 6.07) is 27.4. The predicted octanol–water partition coefficient (Wildman–Crippen LogP) is 9.07. The lowest BCUT2D eigenvalue weighted by molar-refractivity contribution is -0.137. The molecule has 8 nitrogen and oxygen atoms in total. The van der Waals surface area contributed by atoms with Gasteiger partial charge in [0.2, 0.25) is 5.16 Å². The van der Waals surface area contributed by atoms with E-state index in [-0.39, 0.29) is 12.3 Å². The summed E-state index contributed by atoms with van der Waals surface area (Å²) in [6.07, 6.45) is -2.88. The Morgan fingerprint density at radius 3 is 2.35 bits per heavy atom. The minimum atomic E-state index is -4.55. The fraction of sp³-hybridized carbons (Fsp3) is 0.114. The van der Waals surface area contributed by atoms with E-state index in [9.17, 15) is 13.2 Å². The van der Waals surface area contributed by atoms with E-state index in [2.05, 4.69) is 15.2 Å². The number of hydrogen-bond acceptors (Lipinski definition) is 9. The Morgan fingerprint density at radius 1 is 0.854 bits per heavy atom. The lowest BCUT2D eigenvalue weighted by Gasteiger charge is -2.14. The van der Waals surface area contributed by atoms with Gasteiger partial charge in [-0.2, -0.15) is 13.2 Å². The fourth-order valence-electron chi connectivity index (χ4n) is 5.16. The first kappa shape index (κ1) is 31.3. The highest BCUT2D eigenvalue weighted by molar-refractivity contribution is 7.99. The number of methoxy groups -OCH3 is 1. The first-order valence-electron chi connectivity index (χ1n) is 14.6. The molecule has 3 aromatic carbocycles. The second-order valence-electron chi connectivity index (χ2n) is 10.5. The highest BCUT2D eigenvalue weighted by atomic mass is 32.2. The SMILES string of the molecule is COc1ccc(OCc2nnc(Sc3nc(-c4ccccn4)nc4sc(C)c(-c5ccccc5)c34)n2-c2cccc(C(F)(F)F)c2)cc1. The van der Waals surface area contributed by atoms with Gasteiger partial charge in [0.15, 0.2) is 11.6 Å². The molecule has 0 aliphatic heterocycles. The summed E-state index contributed by atoms with van der Waals surface area (Å²) in [5, 5.41) is 10.5. The zero-order valence-corrected chi connectivity index (χ0v) is 27.1. The summed E-state index contributed by atoms with van der Waals surface area (Å²) in [5.41, 5.74) is 1.98. The Bertz CT molecular complexity index is 2210. The zero-order chi connectivity index (χ0) is 33.3. The number of hydrogen-bond donors (Lipinski definition) is 0. The highest BCUT2D eigenvalue weighted by Crippen LogP contribution is 2.44. The van der Waals surface area contributed by atoms with E-state index in [0.29, 0.717) is 39.0 Å². The number of ether oxygens (including phenoxy) is 2. The smallest absolute Gasteiger partial charge is 0.416 e. The molecule has 4 heterocycles. The van der Waals surface area contributed by atoms with Crippen molar-refractivity contribution >= 4 is 33.3 Å². The number of nitrogens with zero attached hydrogens (tertiary/aromatic N) is 6. The number of rotatable bonds is 9. The molecule has 0 aliphatic rings. The van der Waals surface area contributed by atoms with Crippen molar-refractivity contribution in [3.05, 3.63) is 120 Å². The van der Waals surface area contributed by atoms with Crippen LogP contribution in [0.15, 0.2) is 113 Å². The fourth-order valence-corrected chi connectivity index (χ4v) is 7.26. The molecule has 0 saturated heterocycles. The third kappa shape index (κ3) is 6.34. The minimum absolute atomic E-state index is 0.0681. The van der Waals surface area contributed by atoms with Crippen molar-refractivity contribution in [2.45, 2.75) is 29.9 Å². The summed E-state index contributed by atoms with van der Waals surface area (Å²) in [5.74, 6) is 1.91. The van der Waals surface area contributed by atoms with Gasteiger partial charge in [-0.25, -0.2) is 9.97 Å². The van der Waals surface area contributed by atoms with Crippen LogP contribution in [-0.4, -0.2) is 36.8 Å². The molecular formula is C35H25F3N6O2S2. The molecule has 4 aromatic heterocycles. The van der Waals surface area contributed by atoms with Crippen LogP contribution in [0.25, 0.3) is 38.5 Å². The van der Waals surface area contributed by atoms with E-state index in [0.717, 1.165) is 38.4 Å². The van der Waals surface area contributed by atoms with Gasteiger partial charge in [0, 0.05) is 16.6 Å². The van der Waals surface area contributed by atoms with Crippen LogP contribution in [0.2, 0.25) is 0 Å². The molecule has 0 spiro atoms. The van der Waals surface area contributed by atoms with Crippen molar-refractivity contribution in [2.75, 3.05) is 7.11 Å². The summed E-state index contributed by atoms with van der Waals surface area (Å²) in [7, 11) is 1.57. The molecule has 0 fully saturated rings. The largest absolute Gasteiger partial charge is 0.497 e. The molecule has 0 unspecified atom stereocenters. The lowest BCUT2D eigenvalue weighted by Crippen LogP contribution is -2.09. The number of aromatic nitrogens is 6. The average Bonchev–Trinajstić information content (AvgIpc) is 3.67. The molecular weight excluding hydrogens is 658 g/mol. The molecule has 0 bridgehead atoms. The molecule has 0 saturated carbocycles. The second-order valence-corrected chi connectivity index (χ2v) is 12.7. The molecule has 0 amide bonds. The van der Waals surface area contributed by atoms with E-state index >= 15 is 0 Å². The van der Waals surface area contributed by atoms with Crippen LogP contribution in [0, 0.1) is 6.92 Å². The van der Waals surface area contributed by atoms with Gasteiger partial charge in [0.25, 0.3) is 0 Å². The first-order chi connectivity index (χ1) is 23.3. The van der Waals surface area contributed by atoms with Crippen molar-refractivity contribution in [1.29, 1.82) is 0 Å². The molecule has 7 rings (SSSR count). The summed E-state index contributed by atoms with van der Waals surface area (Å²) in [4.78, 5) is 16.1. The van der Waals surface area contributed by atoms with Gasteiger partial charge in [0.05, 0.1) is 23.7 Å². The normalized spacial score (nSPS) is 11.6. The van der Waals surface area contributed by atoms with E-state index in [1.807, 2.05) is 55.5 Å². The maximum absolute atomic E-state index is 13.9. The Kier molecular flexibility index (Phi) is 8.54. The molecule has 0 N–H and O–H groups in total. The van der Waals surface area contributed by atoms with Crippen LogP contribution in [0.5, 0.6) is 11.5 Å². The highest BCUT2D eigenvalue weighted by Gasteiger charge is 2.31. The quantitative estimate of drug-likeness (QED) is 0.139. The van der Waals surface area contributed by atoms with Gasteiger partial charge in [0.1, 0.15) is 33.7 Å². The second kappa shape index (κ2) is 13.1. The first-order valence-corrected chi connectivity index (χ1v) is 16.3. The number of fused-ring (bicyclic) bond motifs is 1. The van der Waals surface area contributed by atoms with Crippen LogP contribution in [0.1, 0.15) is 16.3 Å². The molecule has 7 aromatic rings. The van der Waals surface area contributed by atoms with E-state index in [1.165, 1.54) is 29.2 Å². The lowest BCUT2D eigenvalue weighted by atomic mass is 10.0. The van der Waals surface area contributed by atoms with Crippen molar-refractivity contribution in [1.82, 2.24) is 29.7 Å². The van der Waals surface area contributed by atoms with E-state index in [1.54, 1.807) is 48.2 Å². The minimum Gasteiger partial charge on any atom is -0.497 e. The summed E-state index contributed by atoms with van der Waals surface area (Å²) < 4.78 is 54.4. The number of pyridine rings is 1. The topological polar surface area (TPSA) is 87.8 Å². The number of benzene rings is 3. The standard InChI is InChI=1S/C35H25F3N6O2S2/c1-21-29(22-9-4-3-5-10-22)30-32(47-21)40-31(27-13-6-7-18-39-27)41-33(30)48-34-43-42-28(20-46-26-16-14-25(45-2)15-17-26)44(34)24-12-8-11-23(19-24)35(36,37)38/h3-19H,20H2,1-2H3. The number of halogens is 3. The molecule has 240 valence electrons. The van der Waals surface area contributed by atoms with Crippen LogP contribution in [-0.2, 0) is 12.8 Å². The number of thiophene rings is 1. The molecule has 0 atom stereocenters. The van der Waals surface area contributed by atoms with E-state index < -0.39 is 11.7 Å². The zero-order valence-electron chi connectivity index (χ0n) is 25.5.